The van der Waals surface area contributed by atoms with Crippen molar-refractivity contribution in [2.75, 3.05) is 0 Å². The fourth-order valence-electron chi connectivity index (χ4n) is 6.12. The first-order valence-electron chi connectivity index (χ1n) is 15.9. The third-order valence-electron chi connectivity index (χ3n) is 9.42. The number of fused-ring (bicyclic) bond motifs is 2. The smallest absolute Gasteiger partial charge is 0.266 e. The van der Waals surface area contributed by atoms with E-state index in [1.54, 1.807) is 24.3 Å². The molecule has 0 saturated carbocycles. The minimum absolute atomic E-state index is 0.0748. The summed E-state index contributed by atoms with van der Waals surface area (Å²) in [5.74, 6) is 2.57. The van der Waals surface area contributed by atoms with Gasteiger partial charge in [-0.25, -0.2) is 4.57 Å². The second-order valence-corrected chi connectivity index (χ2v) is 12.2. The van der Waals surface area contributed by atoms with Crippen LogP contribution < -0.4 is 31.7 Å². The average molecular weight is 637 g/mol. The Balaban J connectivity index is 1.08. The van der Waals surface area contributed by atoms with Crippen LogP contribution >= 0.6 is 0 Å². The molecule has 0 aliphatic heterocycles. The van der Waals surface area contributed by atoms with Gasteiger partial charge in [0.05, 0.1) is 27.2 Å². The molecular weight excluding hydrogens is 604 g/mol. The van der Waals surface area contributed by atoms with Gasteiger partial charge in [0, 0.05) is 6.07 Å². The molecule has 0 unspecified atom stereocenters. The molecule has 0 aliphatic carbocycles. The zero-order valence-corrected chi connectivity index (χ0v) is 26.7. The quantitative estimate of drug-likeness (QED) is 0.174. The van der Waals surface area contributed by atoms with Gasteiger partial charge >= 0.3 is 0 Å². The number of nitrogens with zero attached hydrogens (tertiary/aromatic N) is 1. The molecule has 0 radical (unpaired) electrons. The molecule has 0 bridgehead atoms. The van der Waals surface area contributed by atoms with Crippen LogP contribution in [0.2, 0.25) is 0 Å². The highest BCUT2D eigenvalue weighted by Gasteiger charge is 2.23. The summed E-state index contributed by atoms with van der Waals surface area (Å²) in [6, 6.07) is 33.1. The zero-order chi connectivity index (χ0) is 33.6. The Morgan fingerprint density at radius 1 is 0.562 bits per heavy atom. The van der Waals surface area contributed by atoms with Gasteiger partial charge < -0.3 is 9.47 Å². The van der Waals surface area contributed by atoms with Gasteiger partial charge in [0.1, 0.15) is 23.0 Å². The maximum Gasteiger partial charge on any atom is 0.266 e. The van der Waals surface area contributed by atoms with E-state index in [1.807, 2.05) is 60.7 Å². The van der Waals surface area contributed by atoms with E-state index in [-0.39, 0.29) is 27.0 Å². The minimum atomic E-state index is -0.590. The van der Waals surface area contributed by atoms with Crippen LogP contribution in [-0.4, -0.2) is 9.55 Å². The Morgan fingerprint density at radius 2 is 1.04 bits per heavy atom. The summed E-state index contributed by atoms with van der Waals surface area (Å²) < 4.78 is 13.3. The Labute approximate surface area is 275 Å². The molecule has 0 spiro atoms. The third kappa shape index (κ3) is 5.41. The number of ether oxygens (including phenoxy) is 2. The average Bonchev–Trinajstić information content (AvgIpc) is 3.53. The predicted molar refractivity (Wildman–Crippen MR) is 189 cm³/mol. The number of aromatic amines is 1. The van der Waals surface area contributed by atoms with Crippen LogP contribution in [0.25, 0.3) is 38.4 Å². The minimum Gasteiger partial charge on any atom is -0.457 e. The third-order valence-corrected chi connectivity index (χ3v) is 9.42. The van der Waals surface area contributed by atoms with Crippen molar-refractivity contribution in [3.05, 3.63) is 156 Å². The summed E-state index contributed by atoms with van der Waals surface area (Å²) in [7, 11) is 0. The SMILES string of the molecule is CCC(C)(CC)c1cccc(Oc2ccc(-c3ccc(Oc4cccc(-n5c(=O)c6cc7c(=O)[nH]c(=O)c7cc6c5=O)c4)cc3)cc2)c1. The largest absolute Gasteiger partial charge is 0.457 e. The van der Waals surface area contributed by atoms with E-state index < -0.39 is 22.2 Å². The molecule has 0 amide bonds. The van der Waals surface area contributed by atoms with Gasteiger partial charge in [-0.15, -0.1) is 0 Å². The van der Waals surface area contributed by atoms with Gasteiger partial charge in [0.2, 0.25) is 0 Å². The van der Waals surface area contributed by atoms with E-state index in [4.69, 9.17) is 9.47 Å². The first kappa shape index (κ1) is 30.6. The van der Waals surface area contributed by atoms with E-state index >= 15 is 0 Å². The molecule has 8 nitrogen and oxygen atoms in total. The Hall–Kier alpha value is -6.02. The lowest BCUT2D eigenvalue weighted by atomic mass is 9.78. The number of hydrogen-bond donors (Lipinski definition) is 1. The summed E-state index contributed by atoms with van der Waals surface area (Å²) in [5.41, 5.74) is 1.38. The van der Waals surface area contributed by atoms with Gasteiger partial charge in [-0.2, -0.15) is 0 Å². The zero-order valence-electron chi connectivity index (χ0n) is 26.7. The Morgan fingerprint density at radius 3 is 1.54 bits per heavy atom. The molecule has 0 aliphatic rings. The van der Waals surface area contributed by atoms with Gasteiger partial charge in [-0.1, -0.05) is 63.2 Å². The summed E-state index contributed by atoms with van der Waals surface area (Å²) in [4.78, 5) is 52.9. The highest BCUT2D eigenvalue weighted by Crippen LogP contribution is 2.35. The molecule has 0 fully saturated rings. The summed E-state index contributed by atoms with van der Waals surface area (Å²) >= 11 is 0. The summed E-state index contributed by atoms with van der Waals surface area (Å²) in [6.45, 7) is 6.72. The number of benzene rings is 5. The second kappa shape index (κ2) is 12.0. The van der Waals surface area contributed by atoms with Crippen molar-refractivity contribution in [1.29, 1.82) is 0 Å². The van der Waals surface area contributed by atoms with Gasteiger partial charge in [-0.05, 0) is 95.6 Å². The number of hydrogen-bond acceptors (Lipinski definition) is 6. The fourth-order valence-corrected chi connectivity index (χ4v) is 6.12. The van der Waals surface area contributed by atoms with E-state index in [1.165, 1.54) is 17.7 Å². The summed E-state index contributed by atoms with van der Waals surface area (Å²) in [5, 5.41) is 0.315. The second-order valence-electron chi connectivity index (χ2n) is 12.2. The van der Waals surface area contributed by atoms with Crippen molar-refractivity contribution in [2.24, 2.45) is 0 Å². The van der Waals surface area contributed by atoms with E-state index in [2.05, 4.69) is 37.9 Å². The van der Waals surface area contributed by atoms with Crippen LogP contribution in [0.15, 0.2) is 128 Å². The van der Waals surface area contributed by atoms with Crippen LogP contribution in [0.1, 0.15) is 39.2 Å². The van der Waals surface area contributed by atoms with Crippen molar-refractivity contribution in [2.45, 2.75) is 39.0 Å². The van der Waals surface area contributed by atoms with Crippen LogP contribution in [0.5, 0.6) is 23.0 Å². The van der Waals surface area contributed by atoms with Crippen LogP contribution in [-0.2, 0) is 5.41 Å². The number of aromatic nitrogens is 2. The molecule has 7 rings (SSSR count). The molecule has 2 heterocycles. The summed E-state index contributed by atoms with van der Waals surface area (Å²) in [6.07, 6.45) is 2.12. The van der Waals surface area contributed by atoms with Gasteiger partial charge in [0.15, 0.2) is 0 Å². The number of H-pyrrole nitrogens is 1. The van der Waals surface area contributed by atoms with E-state index in [9.17, 15) is 19.2 Å². The van der Waals surface area contributed by atoms with Crippen molar-refractivity contribution in [1.82, 2.24) is 9.55 Å². The first-order valence-corrected chi connectivity index (χ1v) is 15.9. The molecule has 0 atom stereocenters. The molecule has 238 valence electrons. The maximum absolute atomic E-state index is 13.3. The topological polar surface area (TPSA) is 107 Å². The van der Waals surface area contributed by atoms with E-state index in [0.29, 0.717) is 17.2 Å². The molecule has 2 aromatic heterocycles. The molecular formula is C40H32N2O6. The fraction of sp³-hybridized carbons (Fsp3) is 0.150. The normalized spacial score (nSPS) is 11.7. The number of rotatable bonds is 9. The molecule has 48 heavy (non-hydrogen) atoms. The first-order chi connectivity index (χ1) is 23.2. The Kier molecular flexibility index (Phi) is 7.64. The maximum atomic E-state index is 13.3. The highest BCUT2D eigenvalue weighted by molar-refractivity contribution is 5.98. The van der Waals surface area contributed by atoms with Crippen LogP contribution in [0.4, 0.5) is 0 Å². The lowest BCUT2D eigenvalue weighted by Gasteiger charge is -2.27. The standard InChI is InChI=1S/C40H32N2O6/c1-4-40(3,5-2)26-8-6-10-30(20-26)47-28-16-12-24(13-17-28)25-14-18-29(19-15-25)48-31-11-7-9-27(21-31)42-38(45)34-22-32-33(23-35(34)39(42)46)37(44)41-36(32)43/h6-23H,4-5H2,1-3H3,(H,41,43,44). The van der Waals surface area contributed by atoms with Crippen molar-refractivity contribution in [3.63, 3.8) is 0 Å². The van der Waals surface area contributed by atoms with Crippen molar-refractivity contribution >= 4 is 21.5 Å². The highest BCUT2D eigenvalue weighted by atomic mass is 16.5. The monoisotopic (exact) mass is 636 g/mol. The molecule has 0 saturated heterocycles. The van der Waals surface area contributed by atoms with Crippen molar-refractivity contribution in [3.8, 4) is 39.8 Å². The molecule has 5 aromatic carbocycles. The van der Waals surface area contributed by atoms with Gasteiger partial charge in [-0.3, -0.25) is 24.2 Å². The van der Waals surface area contributed by atoms with E-state index in [0.717, 1.165) is 40.0 Å². The van der Waals surface area contributed by atoms with Crippen LogP contribution in [0.3, 0.4) is 0 Å². The lowest BCUT2D eigenvalue weighted by molar-refractivity contribution is 0.432. The molecule has 7 aromatic rings. The molecule has 1 N–H and O–H groups in total. The number of nitrogens with one attached hydrogen (secondary N) is 1. The van der Waals surface area contributed by atoms with Crippen molar-refractivity contribution < 1.29 is 9.47 Å². The Bertz CT molecular complexity index is 2440. The predicted octanol–water partition coefficient (Wildman–Crippen LogP) is 7.76. The van der Waals surface area contributed by atoms with Gasteiger partial charge in [0.25, 0.3) is 22.2 Å². The van der Waals surface area contributed by atoms with Crippen LogP contribution in [0, 0.1) is 0 Å². The molecule has 8 heteroatoms. The lowest BCUT2D eigenvalue weighted by Crippen LogP contribution is -2.23.